The van der Waals surface area contributed by atoms with Crippen LogP contribution in [0.25, 0.3) is 0 Å². The van der Waals surface area contributed by atoms with Crippen LogP contribution in [0.1, 0.15) is 31.7 Å². The molecule has 0 saturated heterocycles. The fraction of sp³-hybridized carbons (Fsp3) is 0.333. The topological polar surface area (TPSA) is 66.4 Å². The van der Waals surface area contributed by atoms with Crippen molar-refractivity contribution in [2.75, 3.05) is 0 Å². The van der Waals surface area contributed by atoms with Crippen molar-refractivity contribution in [3.63, 3.8) is 0 Å². The molecule has 0 saturated carbocycles. The lowest BCUT2D eigenvalue weighted by Gasteiger charge is -2.13. The second kappa shape index (κ2) is 5.63. The number of rotatable bonds is 4. The molecular weight excluding hydrogens is 238 g/mol. The van der Waals surface area contributed by atoms with Gasteiger partial charge in [0, 0.05) is 16.0 Å². The fourth-order valence-corrected chi connectivity index (χ4v) is 1.98. The minimum atomic E-state index is -1.07. The predicted molar refractivity (Wildman–Crippen MR) is 66.9 cm³/mol. The van der Waals surface area contributed by atoms with Crippen LogP contribution >= 0.6 is 11.3 Å². The molecule has 2 N–H and O–H groups in total. The van der Waals surface area contributed by atoms with Crippen molar-refractivity contribution >= 4 is 23.2 Å². The molecule has 17 heavy (non-hydrogen) atoms. The van der Waals surface area contributed by atoms with Gasteiger partial charge in [0.05, 0.1) is 6.04 Å². The Kier molecular flexibility index (Phi) is 4.45. The number of carbonyl (C=O) groups excluding carboxylic acids is 1. The Hall–Kier alpha value is -1.62. The Morgan fingerprint density at radius 3 is 2.47 bits per heavy atom. The van der Waals surface area contributed by atoms with Gasteiger partial charge in [-0.2, -0.15) is 0 Å². The van der Waals surface area contributed by atoms with E-state index in [1.807, 2.05) is 24.4 Å². The van der Waals surface area contributed by atoms with Crippen molar-refractivity contribution in [3.05, 3.63) is 33.5 Å². The van der Waals surface area contributed by atoms with Crippen LogP contribution in [-0.2, 0) is 9.59 Å². The molecule has 0 spiro atoms. The summed E-state index contributed by atoms with van der Waals surface area (Å²) in [7, 11) is 0. The molecule has 5 heteroatoms. The monoisotopic (exact) mass is 253 g/mol. The van der Waals surface area contributed by atoms with Gasteiger partial charge in [-0.15, -0.1) is 11.3 Å². The quantitative estimate of drug-likeness (QED) is 0.809. The van der Waals surface area contributed by atoms with Gasteiger partial charge in [-0.3, -0.25) is 4.79 Å². The third-order valence-corrected chi connectivity index (χ3v) is 3.60. The zero-order valence-electron chi connectivity index (χ0n) is 9.98. The van der Waals surface area contributed by atoms with E-state index in [1.165, 1.54) is 13.8 Å². The Labute approximate surface area is 104 Å². The SMILES string of the molecule is CC(C(=O)O)=C(C)C(=O)NC(C)c1cccs1. The van der Waals surface area contributed by atoms with Crippen molar-refractivity contribution in [2.45, 2.75) is 26.8 Å². The largest absolute Gasteiger partial charge is 0.478 e. The van der Waals surface area contributed by atoms with Gasteiger partial charge in [-0.1, -0.05) is 6.07 Å². The van der Waals surface area contributed by atoms with Gasteiger partial charge in [-0.05, 0) is 32.2 Å². The summed E-state index contributed by atoms with van der Waals surface area (Å²) in [5, 5.41) is 13.5. The van der Waals surface area contributed by atoms with Crippen molar-refractivity contribution in [2.24, 2.45) is 0 Å². The third kappa shape index (κ3) is 3.42. The molecule has 1 rings (SSSR count). The molecule has 1 unspecified atom stereocenters. The number of thiophene rings is 1. The van der Waals surface area contributed by atoms with Gasteiger partial charge in [0.25, 0.3) is 0 Å². The van der Waals surface area contributed by atoms with E-state index in [0.29, 0.717) is 0 Å². The maximum Gasteiger partial charge on any atom is 0.331 e. The summed E-state index contributed by atoms with van der Waals surface area (Å²) in [5.41, 5.74) is 0.307. The highest BCUT2D eigenvalue weighted by Crippen LogP contribution is 2.18. The number of aliphatic carboxylic acids is 1. The Bertz CT molecular complexity index is 448. The molecule has 0 radical (unpaired) electrons. The molecule has 1 aromatic heterocycles. The first-order chi connectivity index (χ1) is 7.93. The molecule has 92 valence electrons. The summed E-state index contributed by atoms with van der Waals surface area (Å²) in [5.74, 6) is -1.41. The van der Waals surface area contributed by atoms with E-state index in [-0.39, 0.29) is 23.1 Å². The maximum atomic E-state index is 11.8. The number of hydrogen-bond acceptors (Lipinski definition) is 3. The van der Waals surface area contributed by atoms with Crippen molar-refractivity contribution in [1.29, 1.82) is 0 Å². The Balaban J connectivity index is 2.74. The number of hydrogen-bond donors (Lipinski definition) is 2. The molecule has 0 aliphatic carbocycles. The zero-order chi connectivity index (χ0) is 13.0. The first-order valence-corrected chi connectivity index (χ1v) is 6.06. The van der Waals surface area contributed by atoms with Crippen molar-refractivity contribution < 1.29 is 14.7 Å². The summed E-state index contributed by atoms with van der Waals surface area (Å²) in [4.78, 5) is 23.5. The van der Waals surface area contributed by atoms with E-state index in [9.17, 15) is 9.59 Å². The predicted octanol–water partition coefficient (Wildman–Crippen LogP) is 2.35. The summed E-state index contributed by atoms with van der Waals surface area (Å²) in [6.07, 6.45) is 0. The van der Waals surface area contributed by atoms with E-state index in [2.05, 4.69) is 5.32 Å². The first kappa shape index (κ1) is 13.4. The van der Waals surface area contributed by atoms with E-state index >= 15 is 0 Å². The third-order valence-electron chi connectivity index (χ3n) is 2.54. The van der Waals surface area contributed by atoms with Crippen LogP contribution < -0.4 is 5.32 Å². The molecule has 1 amide bonds. The van der Waals surface area contributed by atoms with Crippen LogP contribution in [0.5, 0.6) is 0 Å². The highest BCUT2D eigenvalue weighted by Gasteiger charge is 2.15. The van der Waals surface area contributed by atoms with Crippen LogP contribution in [0, 0.1) is 0 Å². The molecular formula is C12H15NO3S. The van der Waals surface area contributed by atoms with Crippen LogP contribution in [0.2, 0.25) is 0 Å². The molecule has 4 nitrogen and oxygen atoms in total. The van der Waals surface area contributed by atoms with Gasteiger partial charge in [-0.25, -0.2) is 4.79 Å². The van der Waals surface area contributed by atoms with E-state index in [4.69, 9.17) is 5.11 Å². The normalized spacial score (nSPS) is 13.8. The molecule has 0 aromatic carbocycles. The summed E-state index contributed by atoms with van der Waals surface area (Å²) >= 11 is 1.55. The summed E-state index contributed by atoms with van der Waals surface area (Å²) in [6.45, 7) is 4.81. The number of carboxylic acid groups (broad SMARTS) is 1. The van der Waals surface area contributed by atoms with Gasteiger partial charge >= 0.3 is 5.97 Å². The molecule has 0 fully saturated rings. The number of carboxylic acids is 1. The molecule has 0 aliphatic heterocycles. The van der Waals surface area contributed by atoms with Gasteiger partial charge in [0.15, 0.2) is 0 Å². The van der Waals surface area contributed by atoms with Crippen molar-refractivity contribution in [1.82, 2.24) is 5.32 Å². The van der Waals surface area contributed by atoms with Crippen molar-refractivity contribution in [3.8, 4) is 0 Å². The molecule has 1 atom stereocenters. The zero-order valence-corrected chi connectivity index (χ0v) is 10.8. The van der Waals surface area contributed by atoms with Gasteiger partial charge in [0.2, 0.25) is 5.91 Å². The minimum absolute atomic E-state index is 0.0703. The van der Waals surface area contributed by atoms with Crippen LogP contribution in [0.15, 0.2) is 28.7 Å². The highest BCUT2D eigenvalue weighted by molar-refractivity contribution is 7.10. The van der Waals surface area contributed by atoms with E-state index in [0.717, 1.165) is 4.88 Å². The lowest BCUT2D eigenvalue weighted by atomic mass is 10.1. The standard InChI is InChI=1S/C12H15NO3S/c1-7(8(2)12(15)16)11(14)13-9(3)10-5-4-6-17-10/h4-6,9H,1-3H3,(H,13,14)(H,15,16). The minimum Gasteiger partial charge on any atom is -0.478 e. The number of nitrogens with one attached hydrogen (secondary N) is 1. The van der Waals surface area contributed by atoms with Gasteiger partial charge < -0.3 is 10.4 Å². The van der Waals surface area contributed by atoms with Crippen LogP contribution in [0.4, 0.5) is 0 Å². The summed E-state index contributed by atoms with van der Waals surface area (Å²) < 4.78 is 0. The molecule has 0 bridgehead atoms. The Morgan fingerprint density at radius 2 is 2.00 bits per heavy atom. The first-order valence-electron chi connectivity index (χ1n) is 5.18. The lowest BCUT2D eigenvalue weighted by molar-refractivity contribution is -0.133. The van der Waals surface area contributed by atoms with Gasteiger partial charge in [0.1, 0.15) is 0 Å². The lowest BCUT2D eigenvalue weighted by Crippen LogP contribution is -2.28. The maximum absolute atomic E-state index is 11.8. The average Bonchev–Trinajstić information content (AvgIpc) is 2.80. The van der Waals surface area contributed by atoms with Crippen LogP contribution in [0.3, 0.4) is 0 Å². The second-order valence-electron chi connectivity index (χ2n) is 3.77. The number of carbonyl (C=O) groups is 2. The summed E-state index contributed by atoms with van der Waals surface area (Å²) in [6, 6.07) is 3.73. The highest BCUT2D eigenvalue weighted by atomic mass is 32.1. The van der Waals surface area contributed by atoms with E-state index in [1.54, 1.807) is 11.3 Å². The number of amides is 1. The van der Waals surface area contributed by atoms with Crippen LogP contribution in [-0.4, -0.2) is 17.0 Å². The second-order valence-corrected chi connectivity index (χ2v) is 4.74. The smallest absolute Gasteiger partial charge is 0.331 e. The molecule has 1 heterocycles. The molecule has 1 aromatic rings. The Morgan fingerprint density at radius 1 is 1.35 bits per heavy atom. The van der Waals surface area contributed by atoms with E-state index < -0.39 is 5.97 Å². The molecule has 0 aliphatic rings. The average molecular weight is 253 g/mol. The fourth-order valence-electron chi connectivity index (χ4n) is 1.24.